The molecule has 0 spiro atoms. The van der Waals surface area contributed by atoms with E-state index in [0.29, 0.717) is 44.6 Å². The molecule has 2 aromatic carbocycles. The fraction of sp³-hybridized carbons (Fsp3) is 0.176. The first kappa shape index (κ1) is 19.1. The molecule has 0 N–H and O–H groups in total. The van der Waals surface area contributed by atoms with Crippen molar-refractivity contribution in [3.8, 4) is 0 Å². The van der Waals surface area contributed by atoms with Crippen LogP contribution in [-0.4, -0.2) is 29.1 Å². The van der Waals surface area contributed by atoms with Crippen LogP contribution >= 0.6 is 62.5 Å². The lowest BCUT2D eigenvalue weighted by Crippen LogP contribution is -2.33. The highest BCUT2D eigenvalue weighted by atomic mass is 79.9. The summed E-state index contributed by atoms with van der Waals surface area (Å²) >= 11 is 23.0. The average molecular weight is 479 g/mol. The van der Waals surface area contributed by atoms with Crippen molar-refractivity contribution < 1.29 is 4.79 Å². The molecule has 2 aromatic rings. The molecule has 1 aliphatic rings. The van der Waals surface area contributed by atoms with E-state index < -0.39 is 0 Å². The van der Waals surface area contributed by atoms with E-state index in [-0.39, 0.29) is 5.91 Å². The van der Waals surface area contributed by atoms with E-state index in [1.165, 1.54) is 11.8 Å². The van der Waals surface area contributed by atoms with E-state index in [0.717, 1.165) is 10.0 Å². The second kappa shape index (κ2) is 8.31. The highest BCUT2D eigenvalue weighted by Gasteiger charge is 2.26. The summed E-state index contributed by atoms with van der Waals surface area (Å²) in [5.74, 6) is 0.496. The largest absolute Gasteiger partial charge is 0.286 e. The Kier molecular flexibility index (Phi) is 6.34. The number of carbonyl (C=O) groups excluding carboxylic acids is 1. The maximum absolute atomic E-state index is 12.8. The molecule has 0 fully saturated rings. The van der Waals surface area contributed by atoms with Crippen LogP contribution in [0.1, 0.15) is 15.9 Å². The van der Waals surface area contributed by atoms with Crippen LogP contribution in [0.4, 0.5) is 0 Å². The summed E-state index contributed by atoms with van der Waals surface area (Å²) in [6.07, 6.45) is 0. The molecule has 25 heavy (non-hydrogen) atoms. The van der Waals surface area contributed by atoms with Crippen molar-refractivity contribution in [3.63, 3.8) is 0 Å². The Bertz CT molecular complexity index is 860. The summed E-state index contributed by atoms with van der Waals surface area (Å²) in [7, 11) is 0. The Morgan fingerprint density at radius 3 is 2.64 bits per heavy atom. The molecule has 0 aromatic heterocycles. The first-order valence-corrected chi connectivity index (χ1v) is 10.2. The van der Waals surface area contributed by atoms with Crippen LogP contribution in [-0.2, 0) is 5.75 Å². The SMILES string of the molecule is O=C(c1cc(Br)ccc1Cl)N1CCN=C1SCc1ccc(Cl)c(Cl)c1. The van der Waals surface area contributed by atoms with Gasteiger partial charge in [-0.3, -0.25) is 14.7 Å². The molecule has 3 rings (SSSR count). The molecule has 0 saturated heterocycles. The van der Waals surface area contributed by atoms with Crippen molar-refractivity contribution in [1.82, 2.24) is 4.90 Å². The molecule has 130 valence electrons. The van der Waals surface area contributed by atoms with Gasteiger partial charge in [0.15, 0.2) is 5.17 Å². The summed E-state index contributed by atoms with van der Waals surface area (Å²) in [6.45, 7) is 1.13. The number of rotatable bonds is 3. The number of aliphatic imine (C=N–C) groups is 1. The third-order valence-corrected chi connectivity index (χ3v) is 6.20. The van der Waals surface area contributed by atoms with Crippen LogP contribution < -0.4 is 0 Å². The van der Waals surface area contributed by atoms with Gasteiger partial charge in [-0.15, -0.1) is 0 Å². The number of hydrogen-bond acceptors (Lipinski definition) is 3. The van der Waals surface area contributed by atoms with Crippen LogP contribution in [0.2, 0.25) is 15.1 Å². The quantitative estimate of drug-likeness (QED) is 0.530. The molecular formula is C17H12BrCl3N2OS. The lowest BCUT2D eigenvalue weighted by atomic mass is 10.2. The van der Waals surface area contributed by atoms with Gasteiger partial charge in [0, 0.05) is 16.8 Å². The standard InChI is InChI=1S/C17H12BrCl3N2OS/c18-11-2-4-13(19)12(8-11)16(24)23-6-5-22-17(23)25-9-10-1-3-14(20)15(21)7-10/h1-4,7-8H,5-6,9H2. The van der Waals surface area contributed by atoms with Crippen LogP contribution in [0.25, 0.3) is 0 Å². The monoisotopic (exact) mass is 476 g/mol. The van der Waals surface area contributed by atoms with Crippen molar-refractivity contribution >= 4 is 73.6 Å². The third-order valence-electron chi connectivity index (χ3n) is 3.56. The lowest BCUT2D eigenvalue weighted by molar-refractivity contribution is 0.0861. The van der Waals surface area contributed by atoms with E-state index in [2.05, 4.69) is 20.9 Å². The minimum atomic E-state index is -0.149. The fourth-order valence-electron chi connectivity index (χ4n) is 2.32. The van der Waals surface area contributed by atoms with Crippen molar-refractivity contribution in [3.05, 3.63) is 67.1 Å². The zero-order valence-corrected chi connectivity index (χ0v) is 17.5. The van der Waals surface area contributed by atoms with Gasteiger partial charge in [0.1, 0.15) is 0 Å². The van der Waals surface area contributed by atoms with Gasteiger partial charge >= 0.3 is 0 Å². The number of carbonyl (C=O) groups is 1. The number of thioether (sulfide) groups is 1. The molecule has 3 nitrogen and oxygen atoms in total. The van der Waals surface area contributed by atoms with Crippen molar-refractivity contribution in [2.24, 2.45) is 4.99 Å². The van der Waals surface area contributed by atoms with Gasteiger partial charge < -0.3 is 0 Å². The van der Waals surface area contributed by atoms with Crippen LogP contribution in [0, 0.1) is 0 Å². The Balaban J connectivity index is 1.72. The maximum atomic E-state index is 12.8. The third kappa shape index (κ3) is 4.52. The predicted molar refractivity (Wildman–Crippen MR) is 110 cm³/mol. The molecule has 8 heteroatoms. The summed E-state index contributed by atoms with van der Waals surface area (Å²) < 4.78 is 0.807. The number of nitrogens with zero attached hydrogens (tertiary/aromatic N) is 2. The van der Waals surface area contributed by atoms with Crippen molar-refractivity contribution in [2.75, 3.05) is 13.1 Å². The summed E-state index contributed by atoms with van der Waals surface area (Å²) in [5, 5.41) is 2.15. The maximum Gasteiger partial charge on any atom is 0.261 e. The Hall–Kier alpha value is -0.720. The van der Waals surface area contributed by atoms with Crippen LogP contribution in [0.3, 0.4) is 0 Å². The molecule has 0 saturated carbocycles. The van der Waals surface area contributed by atoms with Crippen molar-refractivity contribution in [1.29, 1.82) is 0 Å². The zero-order chi connectivity index (χ0) is 18.0. The molecule has 0 radical (unpaired) electrons. The molecule has 1 aliphatic heterocycles. The second-order valence-electron chi connectivity index (χ2n) is 5.28. The topological polar surface area (TPSA) is 32.7 Å². The normalized spacial score (nSPS) is 13.9. The van der Waals surface area contributed by atoms with Gasteiger partial charge in [-0.1, -0.05) is 68.6 Å². The fourth-order valence-corrected chi connectivity index (χ4v) is 4.19. The van der Waals surface area contributed by atoms with Gasteiger partial charge in [-0.25, -0.2) is 0 Å². The van der Waals surface area contributed by atoms with Crippen LogP contribution in [0.5, 0.6) is 0 Å². The Labute approximate surface area is 173 Å². The Morgan fingerprint density at radius 1 is 1.12 bits per heavy atom. The summed E-state index contributed by atoms with van der Waals surface area (Å²) in [6, 6.07) is 10.7. The molecule has 1 amide bonds. The molecule has 0 aliphatic carbocycles. The first-order valence-electron chi connectivity index (χ1n) is 7.34. The van der Waals surface area contributed by atoms with Gasteiger partial charge in [-0.2, -0.15) is 0 Å². The lowest BCUT2D eigenvalue weighted by Gasteiger charge is -2.18. The van der Waals surface area contributed by atoms with Gasteiger partial charge in [-0.05, 0) is 35.9 Å². The van der Waals surface area contributed by atoms with E-state index in [9.17, 15) is 4.79 Å². The number of amides is 1. The Morgan fingerprint density at radius 2 is 1.88 bits per heavy atom. The van der Waals surface area contributed by atoms with E-state index >= 15 is 0 Å². The molecule has 0 unspecified atom stereocenters. The summed E-state index contributed by atoms with van der Waals surface area (Å²) in [4.78, 5) is 18.9. The number of amidine groups is 1. The van der Waals surface area contributed by atoms with Gasteiger partial charge in [0.05, 0.1) is 27.2 Å². The highest BCUT2D eigenvalue weighted by Crippen LogP contribution is 2.28. The number of halogens is 4. The molecule has 1 heterocycles. The molecule has 0 atom stereocenters. The smallest absolute Gasteiger partial charge is 0.261 e. The summed E-state index contributed by atoms with van der Waals surface area (Å²) in [5.41, 5.74) is 1.47. The number of hydrogen-bond donors (Lipinski definition) is 0. The molecule has 0 bridgehead atoms. The second-order valence-corrected chi connectivity index (χ2v) is 8.36. The highest BCUT2D eigenvalue weighted by molar-refractivity contribution is 9.10. The molecular weight excluding hydrogens is 467 g/mol. The van der Waals surface area contributed by atoms with E-state index in [1.54, 1.807) is 29.2 Å². The minimum Gasteiger partial charge on any atom is -0.286 e. The zero-order valence-electron chi connectivity index (χ0n) is 12.8. The minimum absolute atomic E-state index is 0.149. The first-order chi connectivity index (χ1) is 12.0. The van der Waals surface area contributed by atoms with E-state index in [4.69, 9.17) is 34.8 Å². The van der Waals surface area contributed by atoms with Crippen molar-refractivity contribution in [2.45, 2.75) is 5.75 Å². The van der Waals surface area contributed by atoms with Gasteiger partial charge in [0.2, 0.25) is 0 Å². The predicted octanol–water partition coefficient (Wildman–Crippen LogP) is 6.15. The van der Waals surface area contributed by atoms with E-state index in [1.807, 2.05) is 12.1 Å². The van der Waals surface area contributed by atoms with Gasteiger partial charge in [0.25, 0.3) is 5.91 Å². The average Bonchev–Trinajstić information content (AvgIpc) is 3.06. The van der Waals surface area contributed by atoms with Crippen LogP contribution in [0.15, 0.2) is 45.9 Å². The number of benzene rings is 2.